The summed E-state index contributed by atoms with van der Waals surface area (Å²) in [5, 5.41) is 6.86. The summed E-state index contributed by atoms with van der Waals surface area (Å²) >= 11 is 0. The first-order valence-corrected chi connectivity index (χ1v) is 9.82. The predicted molar refractivity (Wildman–Crippen MR) is 101 cm³/mol. The van der Waals surface area contributed by atoms with Crippen LogP contribution in [0.4, 0.5) is 15.8 Å². The summed E-state index contributed by atoms with van der Waals surface area (Å²) < 4.78 is 40.1. The fraction of sp³-hybridized carbons (Fsp3) is 0.111. The average Bonchev–Trinajstić information content (AvgIpc) is 2.99. The summed E-state index contributed by atoms with van der Waals surface area (Å²) in [7, 11) is -3.65. The number of amides is 1. The van der Waals surface area contributed by atoms with Crippen LogP contribution in [0.5, 0.6) is 0 Å². The van der Waals surface area contributed by atoms with Gasteiger partial charge < -0.3 is 5.32 Å². The van der Waals surface area contributed by atoms with Gasteiger partial charge >= 0.3 is 0 Å². The van der Waals surface area contributed by atoms with Gasteiger partial charge in [-0.05, 0) is 37.3 Å². The molecule has 0 bridgehead atoms. The molecule has 2 aromatic carbocycles. The van der Waals surface area contributed by atoms with Gasteiger partial charge in [0.05, 0.1) is 35.1 Å². The van der Waals surface area contributed by atoms with E-state index >= 15 is 0 Å². The number of nitrogens with zero attached hydrogens (tertiary/aromatic N) is 2. The SMILES string of the molecule is Cc1c(C(=O)Nc2ccc(F)c(NS(C)(=O)=O)c2)cnn1-c1ccccc1. The third-order valence-corrected chi connectivity index (χ3v) is 4.37. The Bertz CT molecular complexity index is 1100. The molecule has 0 fully saturated rings. The molecule has 0 atom stereocenters. The van der Waals surface area contributed by atoms with Crippen LogP contribution in [0.2, 0.25) is 0 Å². The highest BCUT2D eigenvalue weighted by molar-refractivity contribution is 7.92. The van der Waals surface area contributed by atoms with Crippen LogP contribution in [0.15, 0.2) is 54.7 Å². The number of hydrogen-bond acceptors (Lipinski definition) is 4. The van der Waals surface area contributed by atoms with E-state index in [4.69, 9.17) is 0 Å². The standard InChI is InChI=1S/C18H17FN4O3S/c1-12-15(11-20-23(12)14-6-4-3-5-7-14)18(24)21-13-8-9-16(19)17(10-13)22-27(2,25)26/h3-11,22H,1-2H3,(H,21,24). The number of halogens is 1. The van der Waals surface area contributed by atoms with Crippen molar-refractivity contribution >= 4 is 27.3 Å². The molecule has 0 aliphatic heterocycles. The first kappa shape index (κ1) is 18.6. The monoisotopic (exact) mass is 388 g/mol. The second-order valence-corrected chi connectivity index (χ2v) is 7.66. The van der Waals surface area contributed by atoms with E-state index in [1.54, 1.807) is 11.6 Å². The molecule has 140 valence electrons. The number of para-hydroxylation sites is 1. The highest BCUT2D eigenvalue weighted by Crippen LogP contribution is 2.22. The minimum atomic E-state index is -3.65. The van der Waals surface area contributed by atoms with Crippen molar-refractivity contribution in [3.63, 3.8) is 0 Å². The van der Waals surface area contributed by atoms with E-state index in [2.05, 4.69) is 15.1 Å². The number of sulfonamides is 1. The van der Waals surface area contributed by atoms with Crippen LogP contribution < -0.4 is 10.0 Å². The van der Waals surface area contributed by atoms with Crippen LogP contribution in [0.3, 0.4) is 0 Å². The molecule has 0 saturated carbocycles. The zero-order valence-electron chi connectivity index (χ0n) is 14.6. The third-order valence-electron chi connectivity index (χ3n) is 3.77. The van der Waals surface area contributed by atoms with Gasteiger partial charge in [0.15, 0.2) is 0 Å². The van der Waals surface area contributed by atoms with E-state index in [9.17, 15) is 17.6 Å². The van der Waals surface area contributed by atoms with Crippen LogP contribution >= 0.6 is 0 Å². The number of hydrogen-bond donors (Lipinski definition) is 2. The van der Waals surface area contributed by atoms with Crippen LogP contribution in [-0.4, -0.2) is 30.4 Å². The van der Waals surface area contributed by atoms with Gasteiger partial charge in [0.2, 0.25) is 10.0 Å². The Kier molecular flexibility index (Phi) is 4.95. The first-order valence-electron chi connectivity index (χ1n) is 7.93. The Morgan fingerprint density at radius 1 is 1.15 bits per heavy atom. The highest BCUT2D eigenvalue weighted by atomic mass is 32.2. The van der Waals surface area contributed by atoms with Gasteiger partial charge in [-0.1, -0.05) is 18.2 Å². The topological polar surface area (TPSA) is 93.1 Å². The van der Waals surface area contributed by atoms with Crippen molar-refractivity contribution in [3.05, 3.63) is 71.8 Å². The molecule has 1 amide bonds. The molecule has 0 aliphatic carbocycles. The van der Waals surface area contributed by atoms with Crippen molar-refractivity contribution in [3.8, 4) is 5.69 Å². The molecule has 0 radical (unpaired) electrons. The Hall–Kier alpha value is -3.20. The quantitative estimate of drug-likeness (QED) is 0.703. The lowest BCUT2D eigenvalue weighted by molar-refractivity contribution is 0.102. The molecule has 27 heavy (non-hydrogen) atoms. The molecular formula is C18H17FN4O3S. The molecule has 9 heteroatoms. The molecule has 3 rings (SSSR count). The molecule has 0 aliphatic rings. The number of aromatic nitrogens is 2. The second-order valence-electron chi connectivity index (χ2n) is 5.91. The minimum Gasteiger partial charge on any atom is -0.322 e. The van der Waals surface area contributed by atoms with Crippen LogP contribution in [0.1, 0.15) is 16.1 Å². The average molecular weight is 388 g/mol. The van der Waals surface area contributed by atoms with Crippen LogP contribution in [0.25, 0.3) is 5.69 Å². The smallest absolute Gasteiger partial charge is 0.259 e. The van der Waals surface area contributed by atoms with E-state index in [1.807, 2.05) is 30.3 Å². The number of benzene rings is 2. The van der Waals surface area contributed by atoms with Gasteiger partial charge in [0.25, 0.3) is 5.91 Å². The van der Waals surface area contributed by atoms with E-state index in [0.29, 0.717) is 11.3 Å². The van der Waals surface area contributed by atoms with Crippen LogP contribution in [-0.2, 0) is 10.0 Å². The van der Waals surface area contributed by atoms with E-state index in [1.165, 1.54) is 18.3 Å². The van der Waals surface area contributed by atoms with Gasteiger partial charge in [-0.3, -0.25) is 9.52 Å². The Labute approximate surface area is 155 Å². The van der Waals surface area contributed by atoms with Gasteiger partial charge in [-0.15, -0.1) is 0 Å². The van der Waals surface area contributed by atoms with Crippen molar-refractivity contribution in [2.24, 2.45) is 0 Å². The molecule has 0 spiro atoms. The van der Waals surface area contributed by atoms with Crippen molar-refractivity contribution < 1.29 is 17.6 Å². The van der Waals surface area contributed by atoms with Crippen molar-refractivity contribution in [1.82, 2.24) is 9.78 Å². The number of carbonyl (C=O) groups is 1. The van der Waals surface area contributed by atoms with Crippen molar-refractivity contribution in [2.45, 2.75) is 6.92 Å². The Morgan fingerprint density at radius 3 is 2.52 bits per heavy atom. The van der Waals surface area contributed by atoms with Gasteiger partial charge in [-0.2, -0.15) is 5.10 Å². The van der Waals surface area contributed by atoms with E-state index in [-0.39, 0.29) is 11.4 Å². The molecule has 3 aromatic rings. The minimum absolute atomic E-state index is 0.244. The summed E-state index contributed by atoms with van der Waals surface area (Å²) in [6.07, 6.45) is 2.36. The lowest BCUT2D eigenvalue weighted by atomic mass is 10.2. The highest BCUT2D eigenvalue weighted by Gasteiger charge is 2.16. The van der Waals surface area contributed by atoms with Gasteiger partial charge in [0, 0.05) is 5.69 Å². The number of rotatable bonds is 5. The number of anilines is 2. The largest absolute Gasteiger partial charge is 0.322 e. The first-order chi connectivity index (χ1) is 12.7. The molecule has 1 heterocycles. The summed E-state index contributed by atoms with van der Waals surface area (Å²) in [5.41, 5.74) is 1.80. The summed E-state index contributed by atoms with van der Waals surface area (Å²) in [6, 6.07) is 13.0. The number of nitrogens with one attached hydrogen (secondary N) is 2. The zero-order valence-corrected chi connectivity index (χ0v) is 15.4. The Morgan fingerprint density at radius 2 is 1.85 bits per heavy atom. The molecule has 1 aromatic heterocycles. The fourth-order valence-corrected chi connectivity index (χ4v) is 3.10. The maximum atomic E-state index is 13.8. The van der Waals surface area contributed by atoms with Crippen LogP contribution in [0, 0.1) is 12.7 Å². The van der Waals surface area contributed by atoms with Gasteiger partial charge in [-0.25, -0.2) is 17.5 Å². The third kappa shape index (κ3) is 4.32. The zero-order chi connectivity index (χ0) is 19.6. The fourth-order valence-electron chi connectivity index (χ4n) is 2.54. The predicted octanol–water partition coefficient (Wildman–Crippen LogP) is 2.94. The maximum Gasteiger partial charge on any atom is 0.259 e. The molecule has 2 N–H and O–H groups in total. The lowest BCUT2D eigenvalue weighted by Gasteiger charge is -2.10. The number of carbonyl (C=O) groups excluding carboxylic acids is 1. The molecular weight excluding hydrogens is 371 g/mol. The lowest BCUT2D eigenvalue weighted by Crippen LogP contribution is -2.14. The summed E-state index contributed by atoms with van der Waals surface area (Å²) in [5.74, 6) is -1.18. The van der Waals surface area contributed by atoms with Gasteiger partial charge in [0.1, 0.15) is 5.82 Å². The van der Waals surface area contributed by atoms with Crippen molar-refractivity contribution in [1.29, 1.82) is 0 Å². The second kappa shape index (κ2) is 7.20. The molecule has 7 nitrogen and oxygen atoms in total. The summed E-state index contributed by atoms with van der Waals surface area (Å²) in [6.45, 7) is 1.76. The molecule has 0 saturated heterocycles. The normalized spacial score (nSPS) is 11.2. The maximum absolute atomic E-state index is 13.8. The summed E-state index contributed by atoms with van der Waals surface area (Å²) in [4.78, 5) is 12.6. The van der Waals surface area contributed by atoms with Crippen molar-refractivity contribution in [2.75, 3.05) is 16.3 Å². The molecule has 0 unspecified atom stereocenters. The Balaban J connectivity index is 1.84. The van der Waals surface area contributed by atoms with E-state index < -0.39 is 21.7 Å². The van der Waals surface area contributed by atoms with E-state index in [0.717, 1.165) is 18.0 Å².